The summed E-state index contributed by atoms with van der Waals surface area (Å²) >= 11 is 0. The smallest absolute Gasteiger partial charge is 0.239 e. The predicted octanol–water partition coefficient (Wildman–Crippen LogP) is -1.07. The number of hydrogen-bond acceptors (Lipinski definition) is 5. The van der Waals surface area contributed by atoms with Crippen molar-refractivity contribution in [1.29, 1.82) is 0 Å². The summed E-state index contributed by atoms with van der Waals surface area (Å²) in [5.74, 6) is -0.172. The molecule has 130 valence electrons. The van der Waals surface area contributed by atoms with Gasteiger partial charge in [0.2, 0.25) is 11.8 Å². The van der Waals surface area contributed by atoms with E-state index in [2.05, 4.69) is 5.32 Å². The minimum atomic E-state index is -0.856. The second-order valence-corrected chi connectivity index (χ2v) is 7.29. The van der Waals surface area contributed by atoms with Crippen LogP contribution in [-0.2, 0) is 9.59 Å². The predicted molar refractivity (Wildman–Crippen MR) is 83.5 cm³/mol. The van der Waals surface area contributed by atoms with E-state index >= 15 is 0 Å². The zero-order valence-corrected chi connectivity index (χ0v) is 13.7. The number of piperidine rings is 1. The number of rotatable bonds is 4. The quantitative estimate of drug-likeness (QED) is 0.612. The number of β-amino-alcohol motifs (C(OH)–C–C–N with tert-alkyl or cyclic N) is 2. The maximum atomic E-state index is 12.3. The Kier molecular flexibility index (Phi) is 4.62. The van der Waals surface area contributed by atoms with E-state index in [1.54, 1.807) is 16.7 Å². The summed E-state index contributed by atoms with van der Waals surface area (Å²) in [5, 5.41) is 23.4. The normalized spacial score (nSPS) is 31.3. The van der Waals surface area contributed by atoms with Gasteiger partial charge in [-0.25, -0.2) is 0 Å². The lowest BCUT2D eigenvalue weighted by molar-refractivity contribution is -0.141. The number of aliphatic hydroxyl groups is 2. The molecule has 0 bridgehead atoms. The standard InChI is InChI=1S/C16H27N3O4/c1-11-15(23)19(7-5-17-11)9-12(20)8-14(22)18-6-4-16(2-3-16)13(21)10-18/h11-13,17,20-21H,2-10H2,1H3/t11-,12-,13+/m0/s1. The Bertz CT molecular complexity index is 480. The molecule has 2 heterocycles. The van der Waals surface area contributed by atoms with Crippen molar-refractivity contribution in [2.45, 2.75) is 50.9 Å². The average molecular weight is 325 g/mol. The van der Waals surface area contributed by atoms with Crippen LogP contribution in [0.15, 0.2) is 0 Å². The first-order chi connectivity index (χ1) is 10.9. The molecule has 1 spiro atoms. The minimum absolute atomic E-state index is 0.00527. The van der Waals surface area contributed by atoms with E-state index < -0.39 is 12.2 Å². The molecule has 2 saturated heterocycles. The number of piperazine rings is 1. The van der Waals surface area contributed by atoms with Crippen LogP contribution in [0.1, 0.15) is 32.6 Å². The third kappa shape index (κ3) is 3.51. The molecule has 3 aliphatic rings. The summed E-state index contributed by atoms with van der Waals surface area (Å²) in [6, 6.07) is -0.237. The summed E-state index contributed by atoms with van der Waals surface area (Å²) < 4.78 is 0. The van der Waals surface area contributed by atoms with Crippen molar-refractivity contribution >= 4 is 11.8 Å². The lowest BCUT2D eigenvalue weighted by atomic mass is 9.90. The van der Waals surface area contributed by atoms with Gasteiger partial charge >= 0.3 is 0 Å². The maximum absolute atomic E-state index is 12.3. The number of aliphatic hydroxyl groups excluding tert-OH is 2. The zero-order valence-electron chi connectivity index (χ0n) is 13.7. The van der Waals surface area contributed by atoms with Gasteiger partial charge < -0.3 is 25.3 Å². The topological polar surface area (TPSA) is 93.1 Å². The molecule has 3 N–H and O–H groups in total. The maximum Gasteiger partial charge on any atom is 0.239 e. The Morgan fingerprint density at radius 2 is 2.13 bits per heavy atom. The number of nitrogens with one attached hydrogen (secondary N) is 1. The van der Waals surface area contributed by atoms with Gasteiger partial charge in [-0.3, -0.25) is 9.59 Å². The third-order valence-electron chi connectivity index (χ3n) is 5.58. The minimum Gasteiger partial charge on any atom is -0.391 e. The largest absolute Gasteiger partial charge is 0.391 e. The van der Waals surface area contributed by atoms with Gasteiger partial charge in [-0.1, -0.05) is 0 Å². The number of amides is 2. The fraction of sp³-hybridized carbons (Fsp3) is 0.875. The lowest BCUT2D eigenvalue weighted by Gasteiger charge is -2.37. The van der Waals surface area contributed by atoms with Crippen LogP contribution in [0.4, 0.5) is 0 Å². The van der Waals surface area contributed by atoms with E-state index in [4.69, 9.17) is 0 Å². The molecule has 23 heavy (non-hydrogen) atoms. The van der Waals surface area contributed by atoms with Crippen molar-refractivity contribution in [2.24, 2.45) is 5.41 Å². The molecule has 3 rings (SSSR count). The summed E-state index contributed by atoms with van der Waals surface area (Å²) in [7, 11) is 0. The van der Waals surface area contributed by atoms with Gasteiger partial charge in [0, 0.05) is 32.7 Å². The highest BCUT2D eigenvalue weighted by molar-refractivity contribution is 5.82. The molecule has 0 unspecified atom stereocenters. The lowest BCUT2D eigenvalue weighted by Crippen LogP contribution is -2.55. The van der Waals surface area contributed by atoms with Crippen LogP contribution in [0.2, 0.25) is 0 Å². The number of hydrogen-bond donors (Lipinski definition) is 3. The van der Waals surface area contributed by atoms with Gasteiger partial charge in [0.25, 0.3) is 0 Å². The van der Waals surface area contributed by atoms with Gasteiger partial charge in [0.15, 0.2) is 0 Å². The fourth-order valence-corrected chi connectivity index (χ4v) is 3.71. The Balaban J connectivity index is 1.46. The Morgan fingerprint density at radius 1 is 1.39 bits per heavy atom. The summed E-state index contributed by atoms with van der Waals surface area (Å²) in [6.07, 6.45) is 1.68. The van der Waals surface area contributed by atoms with Crippen molar-refractivity contribution in [3.63, 3.8) is 0 Å². The Morgan fingerprint density at radius 3 is 2.78 bits per heavy atom. The first kappa shape index (κ1) is 16.7. The molecule has 3 atom stereocenters. The van der Waals surface area contributed by atoms with Crippen LogP contribution in [0.5, 0.6) is 0 Å². The highest BCUT2D eigenvalue weighted by Gasteiger charge is 2.51. The number of carbonyl (C=O) groups is 2. The molecule has 0 aromatic rings. The second-order valence-electron chi connectivity index (χ2n) is 7.29. The van der Waals surface area contributed by atoms with Crippen molar-refractivity contribution in [2.75, 3.05) is 32.7 Å². The molecule has 0 radical (unpaired) electrons. The van der Waals surface area contributed by atoms with Crippen LogP contribution in [0.3, 0.4) is 0 Å². The third-order valence-corrected chi connectivity index (χ3v) is 5.58. The molecular weight excluding hydrogens is 298 g/mol. The van der Waals surface area contributed by atoms with Crippen LogP contribution >= 0.6 is 0 Å². The summed E-state index contributed by atoms with van der Waals surface area (Å²) in [6.45, 7) is 4.28. The van der Waals surface area contributed by atoms with Gasteiger partial charge in [-0.15, -0.1) is 0 Å². The number of carbonyl (C=O) groups excluding carboxylic acids is 2. The fourth-order valence-electron chi connectivity index (χ4n) is 3.71. The number of nitrogens with zero attached hydrogens (tertiary/aromatic N) is 2. The van der Waals surface area contributed by atoms with E-state index in [1.165, 1.54) is 0 Å². The number of likely N-dealkylation sites (tertiary alicyclic amines) is 1. The van der Waals surface area contributed by atoms with E-state index in [-0.39, 0.29) is 36.2 Å². The molecule has 1 aliphatic carbocycles. The second kappa shape index (κ2) is 6.37. The molecular formula is C16H27N3O4. The Labute approximate surface area is 136 Å². The van der Waals surface area contributed by atoms with E-state index in [9.17, 15) is 19.8 Å². The highest BCUT2D eigenvalue weighted by atomic mass is 16.3. The van der Waals surface area contributed by atoms with E-state index in [1.807, 2.05) is 0 Å². The first-order valence-electron chi connectivity index (χ1n) is 8.57. The molecule has 1 saturated carbocycles. The molecule has 7 nitrogen and oxygen atoms in total. The van der Waals surface area contributed by atoms with E-state index in [0.717, 1.165) is 19.3 Å². The van der Waals surface area contributed by atoms with Crippen LogP contribution in [-0.4, -0.2) is 82.8 Å². The van der Waals surface area contributed by atoms with Crippen LogP contribution < -0.4 is 5.32 Å². The molecule has 3 fully saturated rings. The van der Waals surface area contributed by atoms with Crippen LogP contribution in [0.25, 0.3) is 0 Å². The van der Waals surface area contributed by atoms with Gasteiger partial charge in [-0.05, 0) is 31.6 Å². The SMILES string of the molecule is C[C@@H]1NCCN(C[C@@H](O)CC(=O)N2CCC3(CC3)[C@H](O)C2)C1=O. The summed E-state index contributed by atoms with van der Waals surface area (Å²) in [4.78, 5) is 27.6. The van der Waals surface area contributed by atoms with E-state index in [0.29, 0.717) is 26.2 Å². The first-order valence-corrected chi connectivity index (χ1v) is 8.57. The van der Waals surface area contributed by atoms with Gasteiger partial charge in [0.1, 0.15) is 0 Å². The molecule has 2 aliphatic heterocycles. The zero-order chi connectivity index (χ0) is 16.6. The summed E-state index contributed by atoms with van der Waals surface area (Å²) in [5.41, 5.74) is 0.0682. The molecule has 0 aromatic carbocycles. The van der Waals surface area contributed by atoms with Crippen molar-refractivity contribution < 1.29 is 19.8 Å². The monoisotopic (exact) mass is 325 g/mol. The van der Waals surface area contributed by atoms with Gasteiger partial charge in [0.05, 0.1) is 24.7 Å². The van der Waals surface area contributed by atoms with Crippen molar-refractivity contribution in [3.05, 3.63) is 0 Å². The average Bonchev–Trinajstić information content (AvgIpc) is 3.28. The van der Waals surface area contributed by atoms with Crippen LogP contribution in [0, 0.1) is 5.41 Å². The van der Waals surface area contributed by atoms with Crippen molar-refractivity contribution in [3.8, 4) is 0 Å². The molecule has 0 aromatic heterocycles. The van der Waals surface area contributed by atoms with Crippen molar-refractivity contribution in [1.82, 2.24) is 15.1 Å². The molecule has 2 amide bonds. The highest BCUT2D eigenvalue weighted by Crippen LogP contribution is 2.53. The Hall–Kier alpha value is -1.18. The van der Waals surface area contributed by atoms with Gasteiger partial charge in [-0.2, -0.15) is 0 Å². The molecule has 7 heteroatoms.